The number of nitrogens with two attached hydrogens (primary N) is 1. The van der Waals surface area contributed by atoms with Crippen LogP contribution < -0.4 is 5.73 Å². The summed E-state index contributed by atoms with van der Waals surface area (Å²) >= 11 is 0. The molecule has 0 saturated heterocycles. The summed E-state index contributed by atoms with van der Waals surface area (Å²) in [5.74, 6) is 1.59. The van der Waals surface area contributed by atoms with Gasteiger partial charge in [0.25, 0.3) is 0 Å². The fourth-order valence-electron chi connectivity index (χ4n) is 1.51. The number of aromatic nitrogens is 4. The van der Waals surface area contributed by atoms with Crippen LogP contribution in [0.5, 0.6) is 0 Å². The highest BCUT2D eigenvalue weighted by molar-refractivity contribution is 5.46. The molecule has 0 bridgehead atoms. The average Bonchev–Trinajstić information content (AvgIpc) is 2.78. The molecule has 2 aromatic heterocycles. The van der Waals surface area contributed by atoms with Crippen LogP contribution in [0.15, 0.2) is 16.8 Å². The Balaban J connectivity index is 2.23. The maximum absolute atomic E-state index is 5.90. The van der Waals surface area contributed by atoms with Crippen molar-refractivity contribution >= 4 is 0 Å². The lowest BCUT2D eigenvalue weighted by molar-refractivity contribution is 0.348. The lowest BCUT2D eigenvalue weighted by Crippen LogP contribution is -2.09. The van der Waals surface area contributed by atoms with Crippen molar-refractivity contribution in [1.29, 1.82) is 0 Å². The minimum atomic E-state index is -0.204. The third kappa shape index (κ3) is 2.65. The fourth-order valence-corrected chi connectivity index (χ4v) is 1.51. The first-order chi connectivity index (χ1) is 8.20. The van der Waals surface area contributed by atoms with Crippen molar-refractivity contribution < 1.29 is 4.52 Å². The van der Waals surface area contributed by atoms with E-state index in [1.54, 1.807) is 12.3 Å². The Bertz CT molecular complexity index is 496. The average molecular weight is 233 g/mol. The lowest BCUT2D eigenvalue weighted by atomic mass is 10.2. The summed E-state index contributed by atoms with van der Waals surface area (Å²) in [6.07, 6.45) is 3.47. The van der Waals surface area contributed by atoms with E-state index >= 15 is 0 Å². The van der Waals surface area contributed by atoms with Gasteiger partial charge in [0.05, 0.1) is 6.04 Å². The Morgan fingerprint density at radius 2 is 2.24 bits per heavy atom. The molecule has 2 heterocycles. The minimum absolute atomic E-state index is 0.204. The number of hydrogen-bond acceptors (Lipinski definition) is 6. The Kier molecular flexibility index (Phi) is 3.43. The zero-order chi connectivity index (χ0) is 12.3. The van der Waals surface area contributed by atoms with E-state index in [4.69, 9.17) is 10.3 Å². The van der Waals surface area contributed by atoms with Crippen molar-refractivity contribution in [1.82, 2.24) is 20.1 Å². The summed E-state index contributed by atoms with van der Waals surface area (Å²) < 4.78 is 5.13. The molecule has 0 unspecified atom stereocenters. The number of aryl methyl sites for hydroxylation is 1. The first-order valence-electron chi connectivity index (χ1n) is 5.60. The molecule has 17 heavy (non-hydrogen) atoms. The molecule has 0 aliphatic carbocycles. The van der Waals surface area contributed by atoms with Crippen LogP contribution in [0, 0.1) is 6.92 Å². The molecule has 1 atom stereocenters. The van der Waals surface area contributed by atoms with Gasteiger partial charge in [0, 0.05) is 6.20 Å². The monoisotopic (exact) mass is 233 g/mol. The Morgan fingerprint density at radius 3 is 2.94 bits per heavy atom. The number of nitrogens with zero attached hydrogens (tertiary/aromatic N) is 4. The van der Waals surface area contributed by atoms with Crippen molar-refractivity contribution in [3.63, 3.8) is 0 Å². The first-order valence-corrected chi connectivity index (χ1v) is 5.60. The lowest BCUT2D eigenvalue weighted by Gasteiger charge is -2.02. The zero-order valence-electron chi connectivity index (χ0n) is 9.92. The van der Waals surface area contributed by atoms with Gasteiger partial charge >= 0.3 is 0 Å². The van der Waals surface area contributed by atoms with Crippen LogP contribution >= 0.6 is 0 Å². The molecule has 0 saturated carbocycles. The standard InChI is InChI=1S/C11H15N5O/c1-3-4-8(12)11-15-10(16-17-11)9-5-6-13-7(2)14-9/h5-6,8H,3-4,12H2,1-2H3/t8-/m0/s1. The van der Waals surface area contributed by atoms with Crippen LogP contribution in [0.25, 0.3) is 11.5 Å². The van der Waals surface area contributed by atoms with Crippen LogP contribution in [0.1, 0.15) is 37.5 Å². The summed E-state index contributed by atoms with van der Waals surface area (Å²) in [7, 11) is 0. The van der Waals surface area contributed by atoms with Gasteiger partial charge in [-0.2, -0.15) is 4.98 Å². The molecule has 2 N–H and O–H groups in total. The molecule has 0 spiro atoms. The fraction of sp³-hybridized carbons (Fsp3) is 0.455. The molecule has 0 aliphatic rings. The van der Waals surface area contributed by atoms with Crippen LogP contribution in [0.4, 0.5) is 0 Å². The molecule has 90 valence electrons. The van der Waals surface area contributed by atoms with Crippen molar-refractivity contribution in [2.75, 3.05) is 0 Å². The van der Waals surface area contributed by atoms with E-state index in [1.165, 1.54) is 0 Å². The topological polar surface area (TPSA) is 90.7 Å². The summed E-state index contributed by atoms with van der Waals surface area (Å²) in [5.41, 5.74) is 6.55. The van der Waals surface area contributed by atoms with E-state index in [0.717, 1.165) is 12.8 Å². The third-order valence-corrected chi connectivity index (χ3v) is 2.36. The number of hydrogen-bond donors (Lipinski definition) is 1. The van der Waals surface area contributed by atoms with Crippen molar-refractivity contribution in [2.45, 2.75) is 32.7 Å². The van der Waals surface area contributed by atoms with Crippen LogP contribution in [-0.2, 0) is 0 Å². The quantitative estimate of drug-likeness (QED) is 0.863. The SMILES string of the molecule is CCC[C@H](N)c1nc(-c2ccnc(C)n2)no1. The molecule has 0 amide bonds. The second kappa shape index (κ2) is 5.01. The smallest absolute Gasteiger partial charge is 0.243 e. The largest absolute Gasteiger partial charge is 0.337 e. The van der Waals surface area contributed by atoms with E-state index in [-0.39, 0.29) is 6.04 Å². The molecule has 0 radical (unpaired) electrons. The molecular formula is C11H15N5O. The van der Waals surface area contributed by atoms with E-state index in [2.05, 4.69) is 27.0 Å². The highest BCUT2D eigenvalue weighted by atomic mass is 16.5. The third-order valence-electron chi connectivity index (χ3n) is 2.36. The van der Waals surface area contributed by atoms with E-state index in [9.17, 15) is 0 Å². The van der Waals surface area contributed by atoms with Crippen molar-refractivity contribution in [2.24, 2.45) is 5.73 Å². The van der Waals surface area contributed by atoms with Gasteiger partial charge in [0.15, 0.2) is 0 Å². The summed E-state index contributed by atoms with van der Waals surface area (Å²) in [6.45, 7) is 3.87. The van der Waals surface area contributed by atoms with Crippen molar-refractivity contribution in [3.8, 4) is 11.5 Å². The molecule has 0 fully saturated rings. The Morgan fingerprint density at radius 1 is 1.41 bits per heavy atom. The molecule has 2 rings (SSSR count). The van der Waals surface area contributed by atoms with E-state index in [0.29, 0.717) is 23.2 Å². The molecule has 0 aromatic carbocycles. The second-order valence-electron chi connectivity index (χ2n) is 3.84. The van der Waals surface area contributed by atoms with Crippen LogP contribution in [0.2, 0.25) is 0 Å². The van der Waals surface area contributed by atoms with Gasteiger partial charge in [-0.05, 0) is 19.4 Å². The van der Waals surface area contributed by atoms with Gasteiger partial charge in [0.1, 0.15) is 11.5 Å². The molecule has 2 aromatic rings. The zero-order valence-corrected chi connectivity index (χ0v) is 9.92. The summed E-state index contributed by atoms with van der Waals surface area (Å²) in [4.78, 5) is 12.5. The summed E-state index contributed by atoms with van der Waals surface area (Å²) in [5, 5.41) is 3.87. The number of rotatable bonds is 4. The van der Waals surface area contributed by atoms with Crippen LogP contribution in [-0.4, -0.2) is 20.1 Å². The van der Waals surface area contributed by atoms with Gasteiger partial charge in [-0.1, -0.05) is 18.5 Å². The normalized spacial score (nSPS) is 12.6. The molecule has 0 aliphatic heterocycles. The van der Waals surface area contributed by atoms with Gasteiger partial charge in [-0.3, -0.25) is 0 Å². The molecule has 6 heteroatoms. The van der Waals surface area contributed by atoms with Crippen molar-refractivity contribution in [3.05, 3.63) is 24.0 Å². The van der Waals surface area contributed by atoms with Gasteiger partial charge in [-0.15, -0.1) is 0 Å². The van der Waals surface area contributed by atoms with E-state index < -0.39 is 0 Å². The highest BCUT2D eigenvalue weighted by Crippen LogP contribution is 2.18. The predicted molar refractivity (Wildman–Crippen MR) is 61.9 cm³/mol. The first kappa shape index (κ1) is 11.7. The van der Waals surface area contributed by atoms with E-state index in [1.807, 2.05) is 6.92 Å². The van der Waals surface area contributed by atoms with Gasteiger partial charge in [0.2, 0.25) is 11.7 Å². The predicted octanol–water partition coefficient (Wildman–Crippen LogP) is 1.63. The maximum Gasteiger partial charge on any atom is 0.243 e. The Hall–Kier alpha value is -1.82. The van der Waals surface area contributed by atoms with Gasteiger partial charge < -0.3 is 10.3 Å². The maximum atomic E-state index is 5.90. The van der Waals surface area contributed by atoms with Crippen LogP contribution in [0.3, 0.4) is 0 Å². The van der Waals surface area contributed by atoms with Gasteiger partial charge in [-0.25, -0.2) is 9.97 Å². The minimum Gasteiger partial charge on any atom is -0.337 e. The molecule has 6 nitrogen and oxygen atoms in total. The molecular weight excluding hydrogens is 218 g/mol. The highest BCUT2D eigenvalue weighted by Gasteiger charge is 2.15. The summed E-state index contributed by atoms with van der Waals surface area (Å²) in [6, 6.07) is 1.54. The second-order valence-corrected chi connectivity index (χ2v) is 3.84. The Labute approximate surface area is 99.3 Å².